The minimum absolute atomic E-state index is 0.0336. The van der Waals surface area contributed by atoms with Gasteiger partial charge in [0, 0.05) is 12.6 Å². The fourth-order valence-electron chi connectivity index (χ4n) is 1.97. The minimum Gasteiger partial charge on any atom is -0.469 e. The van der Waals surface area contributed by atoms with E-state index in [2.05, 4.69) is 5.32 Å². The summed E-state index contributed by atoms with van der Waals surface area (Å²) < 4.78 is 4.70. The highest BCUT2D eigenvalue weighted by Gasteiger charge is 2.56. The Morgan fingerprint density at radius 1 is 1.70 bits per heavy atom. The summed E-state index contributed by atoms with van der Waals surface area (Å²) in [6.07, 6.45) is 1.97. The molecule has 2 aliphatic heterocycles. The molecule has 10 heavy (non-hydrogen) atoms. The molecular formula is C7H11NO2. The van der Waals surface area contributed by atoms with E-state index in [9.17, 15) is 4.79 Å². The van der Waals surface area contributed by atoms with Crippen LogP contribution in [0.15, 0.2) is 0 Å². The number of hydrogen-bond acceptors (Lipinski definition) is 3. The number of fused-ring (bicyclic) bond motifs is 1. The molecule has 2 heterocycles. The van der Waals surface area contributed by atoms with Gasteiger partial charge in [0.15, 0.2) is 0 Å². The molecule has 0 atom stereocenters. The lowest BCUT2D eigenvalue weighted by Crippen LogP contribution is -2.41. The van der Waals surface area contributed by atoms with Gasteiger partial charge in [-0.1, -0.05) is 0 Å². The van der Waals surface area contributed by atoms with Gasteiger partial charge in [0.1, 0.15) is 0 Å². The monoisotopic (exact) mass is 141 g/mol. The number of esters is 1. The fourth-order valence-corrected chi connectivity index (χ4v) is 1.97. The molecular weight excluding hydrogens is 130 g/mol. The zero-order chi connectivity index (χ0) is 7.19. The van der Waals surface area contributed by atoms with Crippen molar-refractivity contribution < 1.29 is 9.53 Å². The van der Waals surface area contributed by atoms with Gasteiger partial charge in [-0.05, 0) is 12.8 Å². The molecule has 3 aliphatic rings. The van der Waals surface area contributed by atoms with Crippen LogP contribution in [0.1, 0.15) is 12.8 Å². The lowest BCUT2D eigenvalue weighted by atomic mass is 9.70. The second kappa shape index (κ2) is 1.72. The van der Waals surface area contributed by atoms with E-state index in [-0.39, 0.29) is 11.4 Å². The quantitative estimate of drug-likeness (QED) is 0.519. The second-order valence-corrected chi connectivity index (χ2v) is 3.26. The van der Waals surface area contributed by atoms with E-state index >= 15 is 0 Å². The molecule has 0 aromatic carbocycles. The third-order valence-corrected chi connectivity index (χ3v) is 2.62. The van der Waals surface area contributed by atoms with Crippen LogP contribution in [0.2, 0.25) is 0 Å². The van der Waals surface area contributed by atoms with E-state index in [1.165, 1.54) is 7.11 Å². The maximum Gasteiger partial charge on any atom is 0.313 e. The van der Waals surface area contributed by atoms with Crippen molar-refractivity contribution in [3.05, 3.63) is 0 Å². The SMILES string of the molecule is COC(=O)C12CNC(C1)C2. The molecule has 3 fully saturated rings. The molecule has 3 heteroatoms. The van der Waals surface area contributed by atoms with Crippen LogP contribution in [-0.2, 0) is 9.53 Å². The Labute approximate surface area is 59.7 Å². The molecule has 0 unspecified atom stereocenters. The van der Waals surface area contributed by atoms with Gasteiger partial charge in [0.05, 0.1) is 12.5 Å². The highest BCUT2D eigenvalue weighted by Crippen LogP contribution is 2.46. The molecule has 56 valence electrons. The van der Waals surface area contributed by atoms with E-state index in [0.717, 1.165) is 19.4 Å². The predicted octanol–water partition coefficient (Wildman–Crippen LogP) is -0.0886. The summed E-state index contributed by atoms with van der Waals surface area (Å²) in [4.78, 5) is 11.1. The largest absolute Gasteiger partial charge is 0.469 e. The first-order chi connectivity index (χ1) is 4.77. The summed E-state index contributed by atoms with van der Waals surface area (Å²) in [5.41, 5.74) is -0.126. The van der Waals surface area contributed by atoms with Crippen molar-refractivity contribution in [2.75, 3.05) is 13.7 Å². The van der Waals surface area contributed by atoms with Crippen LogP contribution in [0.5, 0.6) is 0 Å². The van der Waals surface area contributed by atoms with Gasteiger partial charge in [0.2, 0.25) is 0 Å². The number of methoxy groups -OCH3 is 1. The lowest BCUT2D eigenvalue weighted by molar-refractivity contribution is -0.154. The Kier molecular flexibility index (Phi) is 1.06. The Balaban J connectivity index is 2.10. The molecule has 3 rings (SSSR count). The number of rotatable bonds is 1. The molecule has 0 spiro atoms. The van der Waals surface area contributed by atoms with Crippen LogP contribution in [-0.4, -0.2) is 25.7 Å². The Morgan fingerprint density at radius 2 is 2.40 bits per heavy atom. The Bertz CT molecular complexity index is 167. The highest BCUT2D eigenvalue weighted by molar-refractivity contribution is 5.79. The average molecular weight is 141 g/mol. The number of carbonyl (C=O) groups excluding carboxylic acids is 1. The average Bonchev–Trinajstić information content (AvgIpc) is 2.41. The van der Waals surface area contributed by atoms with Gasteiger partial charge in [-0.3, -0.25) is 4.79 Å². The minimum atomic E-state index is -0.126. The molecule has 0 amide bonds. The molecule has 2 saturated heterocycles. The van der Waals surface area contributed by atoms with Gasteiger partial charge in [-0.2, -0.15) is 0 Å². The summed E-state index contributed by atoms with van der Waals surface area (Å²) in [5, 5.41) is 3.25. The van der Waals surface area contributed by atoms with Gasteiger partial charge >= 0.3 is 5.97 Å². The van der Waals surface area contributed by atoms with Gasteiger partial charge in [-0.15, -0.1) is 0 Å². The molecule has 1 N–H and O–H groups in total. The number of nitrogens with one attached hydrogen (secondary N) is 1. The van der Waals surface area contributed by atoms with Crippen molar-refractivity contribution >= 4 is 5.97 Å². The van der Waals surface area contributed by atoms with E-state index < -0.39 is 0 Å². The van der Waals surface area contributed by atoms with E-state index in [1.54, 1.807) is 0 Å². The van der Waals surface area contributed by atoms with Crippen LogP contribution in [0, 0.1) is 5.41 Å². The highest BCUT2D eigenvalue weighted by atomic mass is 16.5. The van der Waals surface area contributed by atoms with Crippen LogP contribution in [0.25, 0.3) is 0 Å². The maximum atomic E-state index is 11.1. The molecule has 3 nitrogen and oxygen atoms in total. The molecule has 0 aromatic rings. The summed E-state index contributed by atoms with van der Waals surface area (Å²) in [6.45, 7) is 0.824. The third-order valence-electron chi connectivity index (χ3n) is 2.62. The normalized spacial score (nSPS) is 42.7. The number of ether oxygens (including phenoxy) is 1. The lowest BCUT2D eigenvalue weighted by Gasteiger charge is -2.33. The zero-order valence-electron chi connectivity index (χ0n) is 6.02. The second-order valence-electron chi connectivity index (χ2n) is 3.26. The van der Waals surface area contributed by atoms with Crippen molar-refractivity contribution in [3.8, 4) is 0 Å². The zero-order valence-corrected chi connectivity index (χ0v) is 6.02. The first-order valence-electron chi connectivity index (χ1n) is 3.59. The van der Waals surface area contributed by atoms with Crippen molar-refractivity contribution in [1.82, 2.24) is 5.32 Å². The van der Waals surface area contributed by atoms with Crippen LogP contribution in [0.4, 0.5) is 0 Å². The van der Waals surface area contributed by atoms with Crippen molar-refractivity contribution in [2.24, 2.45) is 5.41 Å². The van der Waals surface area contributed by atoms with Crippen LogP contribution >= 0.6 is 0 Å². The van der Waals surface area contributed by atoms with E-state index in [1.807, 2.05) is 0 Å². The molecule has 1 aliphatic carbocycles. The molecule has 2 bridgehead atoms. The molecule has 1 saturated carbocycles. The van der Waals surface area contributed by atoms with Gasteiger partial charge < -0.3 is 10.1 Å². The van der Waals surface area contributed by atoms with Crippen molar-refractivity contribution in [1.29, 1.82) is 0 Å². The Morgan fingerprint density at radius 3 is 2.80 bits per heavy atom. The molecule has 0 aromatic heterocycles. The molecule has 0 radical (unpaired) electrons. The third kappa shape index (κ3) is 0.560. The maximum absolute atomic E-state index is 11.1. The van der Waals surface area contributed by atoms with Crippen LogP contribution in [0.3, 0.4) is 0 Å². The first kappa shape index (κ1) is 6.16. The smallest absolute Gasteiger partial charge is 0.313 e. The van der Waals surface area contributed by atoms with Crippen molar-refractivity contribution in [3.63, 3.8) is 0 Å². The first-order valence-corrected chi connectivity index (χ1v) is 3.59. The summed E-state index contributed by atoms with van der Waals surface area (Å²) in [7, 11) is 1.46. The predicted molar refractivity (Wildman–Crippen MR) is 35.5 cm³/mol. The van der Waals surface area contributed by atoms with E-state index in [4.69, 9.17) is 4.74 Å². The Hall–Kier alpha value is -0.570. The summed E-state index contributed by atoms with van der Waals surface area (Å²) in [5.74, 6) is -0.0336. The number of carbonyl (C=O) groups is 1. The fraction of sp³-hybridized carbons (Fsp3) is 0.857. The van der Waals surface area contributed by atoms with Crippen LogP contribution < -0.4 is 5.32 Å². The summed E-state index contributed by atoms with van der Waals surface area (Å²) in [6, 6.07) is 0.596. The number of hydrogen-bond donors (Lipinski definition) is 1. The van der Waals surface area contributed by atoms with Crippen molar-refractivity contribution in [2.45, 2.75) is 18.9 Å². The standard InChI is InChI=1S/C7H11NO2/c1-10-6(9)7-2-5(3-7)8-4-7/h5,8H,2-4H2,1H3. The van der Waals surface area contributed by atoms with E-state index in [0.29, 0.717) is 6.04 Å². The topological polar surface area (TPSA) is 38.3 Å². The van der Waals surface area contributed by atoms with Gasteiger partial charge in [0.25, 0.3) is 0 Å². The summed E-state index contributed by atoms with van der Waals surface area (Å²) >= 11 is 0. The van der Waals surface area contributed by atoms with Gasteiger partial charge in [-0.25, -0.2) is 0 Å².